The van der Waals surface area contributed by atoms with E-state index in [-0.39, 0.29) is 11.9 Å². The Bertz CT molecular complexity index is 643. The van der Waals surface area contributed by atoms with Crippen molar-refractivity contribution in [1.29, 1.82) is 0 Å². The van der Waals surface area contributed by atoms with Crippen molar-refractivity contribution < 1.29 is 4.79 Å². The lowest BCUT2D eigenvalue weighted by molar-refractivity contribution is 0.0927. The van der Waals surface area contributed by atoms with Gasteiger partial charge < -0.3 is 20.9 Å². The second-order valence-electron chi connectivity index (χ2n) is 5.91. The second kappa shape index (κ2) is 5.77. The van der Waals surface area contributed by atoms with Crippen LogP contribution in [0.2, 0.25) is 0 Å². The Morgan fingerprint density at radius 1 is 1.38 bits per heavy atom. The van der Waals surface area contributed by atoms with Crippen LogP contribution in [0, 0.1) is 0 Å². The van der Waals surface area contributed by atoms with E-state index in [4.69, 9.17) is 5.73 Å². The van der Waals surface area contributed by atoms with Crippen LogP contribution in [-0.4, -0.2) is 41.5 Å². The van der Waals surface area contributed by atoms with Crippen molar-refractivity contribution in [2.24, 2.45) is 0 Å². The van der Waals surface area contributed by atoms with Crippen LogP contribution < -0.4 is 11.1 Å². The molecule has 1 aromatic heterocycles. The molecule has 1 aliphatic rings. The summed E-state index contributed by atoms with van der Waals surface area (Å²) in [6.45, 7) is 5.26. The number of H-pyrrole nitrogens is 1. The summed E-state index contributed by atoms with van der Waals surface area (Å²) in [6, 6.07) is 7.60. The number of nitrogens with zero attached hydrogens (tertiary/aromatic N) is 1. The Morgan fingerprint density at radius 3 is 2.90 bits per heavy atom. The summed E-state index contributed by atoms with van der Waals surface area (Å²) >= 11 is 0. The lowest BCUT2D eigenvalue weighted by Gasteiger charge is -2.20. The minimum absolute atomic E-state index is 0.0588. The van der Waals surface area contributed by atoms with Gasteiger partial charge in [-0.2, -0.15) is 0 Å². The van der Waals surface area contributed by atoms with Crippen LogP contribution in [0.5, 0.6) is 0 Å². The van der Waals surface area contributed by atoms with Gasteiger partial charge in [-0.3, -0.25) is 4.79 Å². The summed E-state index contributed by atoms with van der Waals surface area (Å²) in [6.07, 6.45) is 2.54. The zero-order chi connectivity index (χ0) is 14.8. The molecule has 0 spiro atoms. The molecule has 1 saturated heterocycles. The van der Waals surface area contributed by atoms with Crippen molar-refractivity contribution >= 4 is 22.5 Å². The SMILES string of the molecule is CC(CN1CCCC1)NC(=O)c1cc2cc(N)ccc2[nH]1. The normalized spacial score (nSPS) is 17.2. The van der Waals surface area contributed by atoms with E-state index in [9.17, 15) is 4.79 Å². The Morgan fingerprint density at radius 2 is 2.14 bits per heavy atom. The maximum Gasteiger partial charge on any atom is 0.267 e. The number of anilines is 1. The van der Waals surface area contributed by atoms with Crippen LogP contribution in [0.3, 0.4) is 0 Å². The molecule has 1 aliphatic heterocycles. The molecule has 0 radical (unpaired) electrons. The number of nitrogens with one attached hydrogen (secondary N) is 2. The molecule has 4 N–H and O–H groups in total. The number of hydrogen-bond donors (Lipinski definition) is 3. The molecule has 5 nitrogen and oxygen atoms in total. The van der Waals surface area contributed by atoms with Gasteiger partial charge in [-0.05, 0) is 57.1 Å². The Balaban J connectivity index is 1.65. The summed E-state index contributed by atoms with van der Waals surface area (Å²) in [7, 11) is 0. The number of aromatic amines is 1. The van der Waals surface area contributed by atoms with Crippen LogP contribution in [0.4, 0.5) is 5.69 Å². The Labute approximate surface area is 124 Å². The number of aromatic nitrogens is 1. The van der Waals surface area contributed by atoms with E-state index >= 15 is 0 Å². The largest absolute Gasteiger partial charge is 0.399 e. The molecule has 112 valence electrons. The molecule has 1 amide bonds. The van der Waals surface area contributed by atoms with E-state index < -0.39 is 0 Å². The van der Waals surface area contributed by atoms with E-state index in [1.165, 1.54) is 12.8 Å². The van der Waals surface area contributed by atoms with Crippen LogP contribution in [0.25, 0.3) is 10.9 Å². The first-order chi connectivity index (χ1) is 10.1. The molecule has 1 unspecified atom stereocenters. The molecule has 1 fully saturated rings. The van der Waals surface area contributed by atoms with Crippen molar-refractivity contribution in [3.63, 3.8) is 0 Å². The van der Waals surface area contributed by atoms with Gasteiger partial charge >= 0.3 is 0 Å². The highest BCUT2D eigenvalue weighted by molar-refractivity contribution is 5.98. The highest BCUT2D eigenvalue weighted by Crippen LogP contribution is 2.18. The monoisotopic (exact) mass is 286 g/mol. The van der Waals surface area contributed by atoms with Crippen LogP contribution >= 0.6 is 0 Å². The first kappa shape index (κ1) is 13.9. The van der Waals surface area contributed by atoms with Gasteiger partial charge in [0.05, 0.1) is 0 Å². The molecule has 0 bridgehead atoms. The van der Waals surface area contributed by atoms with Gasteiger partial charge in [0.1, 0.15) is 5.69 Å². The molecule has 3 rings (SSSR count). The van der Waals surface area contributed by atoms with Crippen molar-refractivity contribution in [2.75, 3.05) is 25.4 Å². The fourth-order valence-corrected chi connectivity index (χ4v) is 2.97. The average Bonchev–Trinajstić information content (AvgIpc) is 3.06. The number of carbonyl (C=O) groups excluding carboxylic acids is 1. The highest BCUT2D eigenvalue weighted by Gasteiger charge is 2.17. The summed E-state index contributed by atoms with van der Waals surface area (Å²) in [4.78, 5) is 17.8. The molecule has 1 aromatic carbocycles. The van der Waals surface area contributed by atoms with E-state index in [0.29, 0.717) is 11.4 Å². The smallest absolute Gasteiger partial charge is 0.267 e. The predicted molar refractivity (Wildman–Crippen MR) is 85.3 cm³/mol. The minimum atomic E-state index is -0.0588. The molecular formula is C16H22N4O. The predicted octanol–water partition coefficient (Wildman–Crippen LogP) is 1.96. The van der Waals surface area contributed by atoms with Gasteiger partial charge in [0.25, 0.3) is 5.91 Å². The molecule has 2 heterocycles. The van der Waals surface area contributed by atoms with Crippen LogP contribution in [-0.2, 0) is 0 Å². The zero-order valence-electron chi connectivity index (χ0n) is 12.4. The fraction of sp³-hybridized carbons (Fsp3) is 0.438. The molecule has 21 heavy (non-hydrogen) atoms. The fourth-order valence-electron chi connectivity index (χ4n) is 2.97. The Kier molecular flexibility index (Phi) is 3.84. The van der Waals surface area contributed by atoms with Crippen molar-refractivity contribution in [2.45, 2.75) is 25.8 Å². The van der Waals surface area contributed by atoms with E-state index in [0.717, 1.165) is 30.5 Å². The first-order valence-corrected chi connectivity index (χ1v) is 7.53. The molecule has 1 atom stereocenters. The van der Waals surface area contributed by atoms with Gasteiger partial charge in [0.2, 0.25) is 0 Å². The van der Waals surface area contributed by atoms with E-state index in [2.05, 4.69) is 22.1 Å². The molecule has 0 aliphatic carbocycles. The van der Waals surface area contributed by atoms with Gasteiger partial charge in [-0.25, -0.2) is 0 Å². The number of likely N-dealkylation sites (tertiary alicyclic amines) is 1. The topological polar surface area (TPSA) is 74.2 Å². The third kappa shape index (κ3) is 3.19. The molecule has 5 heteroatoms. The summed E-state index contributed by atoms with van der Waals surface area (Å²) in [5.41, 5.74) is 7.98. The second-order valence-corrected chi connectivity index (χ2v) is 5.91. The molecular weight excluding hydrogens is 264 g/mol. The number of nitrogen functional groups attached to an aromatic ring is 1. The van der Waals surface area contributed by atoms with Gasteiger partial charge in [-0.15, -0.1) is 0 Å². The Hall–Kier alpha value is -2.01. The third-order valence-electron chi connectivity index (χ3n) is 4.00. The zero-order valence-corrected chi connectivity index (χ0v) is 12.4. The van der Waals surface area contributed by atoms with E-state index in [1.54, 1.807) is 0 Å². The quantitative estimate of drug-likeness (QED) is 0.752. The third-order valence-corrected chi connectivity index (χ3v) is 4.00. The van der Waals surface area contributed by atoms with Crippen LogP contribution in [0.1, 0.15) is 30.3 Å². The molecule has 2 aromatic rings. The summed E-state index contributed by atoms with van der Waals surface area (Å²) < 4.78 is 0. The lowest BCUT2D eigenvalue weighted by atomic mass is 10.2. The van der Waals surface area contributed by atoms with Crippen molar-refractivity contribution in [1.82, 2.24) is 15.2 Å². The highest BCUT2D eigenvalue weighted by atomic mass is 16.1. The number of hydrogen-bond acceptors (Lipinski definition) is 3. The first-order valence-electron chi connectivity index (χ1n) is 7.53. The van der Waals surface area contributed by atoms with Gasteiger partial charge in [0, 0.05) is 29.2 Å². The van der Waals surface area contributed by atoms with Crippen LogP contribution in [0.15, 0.2) is 24.3 Å². The number of amides is 1. The number of benzene rings is 1. The summed E-state index contributed by atoms with van der Waals surface area (Å²) in [5.74, 6) is -0.0588. The lowest BCUT2D eigenvalue weighted by Crippen LogP contribution is -2.41. The van der Waals surface area contributed by atoms with E-state index in [1.807, 2.05) is 24.3 Å². The van der Waals surface area contributed by atoms with Crippen molar-refractivity contribution in [3.8, 4) is 0 Å². The standard InChI is InChI=1S/C16H22N4O/c1-11(10-20-6-2-3-7-20)18-16(21)15-9-12-8-13(17)4-5-14(12)19-15/h4-5,8-9,11,19H,2-3,6-7,10,17H2,1H3,(H,18,21). The minimum Gasteiger partial charge on any atom is -0.399 e. The summed E-state index contributed by atoms with van der Waals surface area (Å²) in [5, 5.41) is 4.02. The number of fused-ring (bicyclic) bond motifs is 1. The molecule has 0 saturated carbocycles. The number of nitrogens with two attached hydrogens (primary N) is 1. The maximum atomic E-state index is 12.3. The van der Waals surface area contributed by atoms with Crippen molar-refractivity contribution in [3.05, 3.63) is 30.0 Å². The number of rotatable bonds is 4. The maximum absolute atomic E-state index is 12.3. The van der Waals surface area contributed by atoms with Gasteiger partial charge in [-0.1, -0.05) is 0 Å². The average molecular weight is 286 g/mol. The number of carbonyl (C=O) groups is 1. The van der Waals surface area contributed by atoms with Gasteiger partial charge in [0.15, 0.2) is 0 Å².